The van der Waals surface area contributed by atoms with E-state index in [0.717, 1.165) is 0 Å². The highest BCUT2D eigenvalue weighted by Gasteiger charge is 2.20. The number of ether oxygens (including phenoxy) is 2. The first-order valence-electron chi connectivity index (χ1n) is 8.25. The molecular weight excluding hydrogens is 402 g/mol. The van der Waals surface area contributed by atoms with Crippen molar-refractivity contribution in [3.63, 3.8) is 0 Å². The fourth-order valence-corrected chi connectivity index (χ4v) is 4.17. The molecule has 144 valence electrons. The third-order valence-electron chi connectivity index (χ3n) is 3.85. The summed E-state index contributed by atoms with van der Waals surface area (Å²) in [7, 11) is -3.87. The molecule has 4 rings (SSSR count). The van der Waals surface area contributed by atoms with Gasteiger partial charge in [0.15, 0.2) is 16.6 Å². The van der Waals surface area contributed by atoms with Gasteiger partial charge in [-0.1, -0.05) is 6.07 Å². The van der Waals surface area contributed by atoms with E-state index in [2.05, 4.69) is 15.0 Å². The van der Waals surface area contributed by atoms with Crippen LogP contribution in [0.5, 0.6) is 11.5 Å². The van der Waals surface area contributed by atoms with Crippen molar-refractivity contribution in [3.05, 3.63) is 59.6 Å². The molecule has 28 heavy (non-hydrogen) atoms. The van der Waals surface area contributed by atoms with Gasteiger partial charge in [0.25, 0.3) is 15.9 Å². The number of amides is 1. The molecule has 8 nitrogen and oxygen atoms in total. The maximum Gasteiger partial charge on any atom is 0.262 e. The van der Waals surface area contributed by atoms with Crippen LogP contribution in [-0.4, -0.2) is 32.5 Å². The number of fused-ring (bicyclic) bond motifs is 1. The fourth-order valence-electron chi connectivity index (χ4n) is 2.58. The van der Waals surface area contributed by atoms with Crippen molar-refractivity contribution in [3.8, 4) is 11.5 Å². The summed E-state index contributed by atoms with van der Waals surface area (Å²) in [6.07, 6.45) is 1.58. The maximum atomic E-state index is 12.7. The highest BCUT2D eigenvalue weighted by atomic mass is 32.2. The second-order valence-corrected chi connectivity index (χ2v) is 8.36. The van der Waals surface area contributed by atoms with E-state index in [4.69, 9.17) is 9.47 Å². The summed E-state index contributed by atoms with van der Waals surface area (Å²) in [6.45, 7) is 0.785. The molecule has 0 saturated carbocycles. The average molecular weight is 417 g/mol. The minimum atomic E-state index is -3.87. The van der Waals surface area contributed by atoms with Gasteiger partial charge in [0.1, 0.15) is 13.2 Å². The fraction of sp³-hybridized carbons (Fsp3) is 0.111. The molecule has 0 bridgehead atoms. The van der Waals surface area contributed by atoms with Crippen LogP contribution in [0.15, 0.2) is 58.9 Å². The summed E-state index contributed by atoms with van der Waals surface area (Å²) in [4.78, 5) is 16.3. The molecule has 0 fully saturated rings. The van der Waals surface area contributed by atoms with E-state index in [1.54, 1.807) is 35.8 Å². The predicted octanol–water partition coefficient (Wildman–Crippen LogP) is 2.97. The molecule has 0 spiro atoms. The number of hydrogen-bond donors (Lipinski definition) is 2. The average Bonchev–Trinajstić information content (AvgIpc) is 3.20. The molecule has 2 heterocycles. The number of aromatic nitrogens is 1. The van der Waals surface area contributed by atoms with Gasteiger partial charge in [-0.25, -0.2) is 13.4 Å². The summed E-state index contributed by atoms with van der Waals surface area (Å²) in [5.74, 6) is 0.507. The van der Waals surface area contributed by atoms with Crippen LogP contribution in [0.2, 0.25) is 0 Å². The Kier molecular flexibility index (Phi) is 4.88. The Morgan fingerprint density at radius 2 is 1.89 bits per heavy atom. The largest absolute Gasteiger partial charge is 0.486 e. The lowest BCUT2D eigenvalue weighted by molar-refractivity contribution is 0.102. The van der Waals surface area contributed by atoms with E-state index in [0.29, 0.717) is 35.4 Å². The van der Waals surface area contributed by atoms with Gasteiger partial charge in [0.2, 0.25) is 0 Å². The monoisotopic (exact) mass is 417 g/mol. The van der Waals surface area contributed by atoms with Crippen molar-refractivity contribution in [2.45, 2.75) is 4.90 Å². The smallest absolute Gasteiger partial charge is 0.262 e. The van der Waals surface area contributed by atoms with Crippen molar-refractivity contribution in [1.29, 1.82) is 0 Å². The van der Waals surface area contributed by atoms with Gasteiger partial charge in [-0.15, -0.1) is 11.3 Å². The van der Waals surface area contributed by atoms with Gasteiger partial charge in [-0.2, -0.15) is 0 Å². The van der Waals surface area contributed by atoms with E-state index in [-0.39, 0.29) is 16.5 Å². The number of thiazole rings is 1. The minimum Gasteiger partial charge on any atom is -0.486 e. The van der Waals surface area contributed by atoms with Crippen LogP contribution in [0.1, 0.15) is 10.4 Å². The van der Waals surface area contributed by atoms with Crippen molar-refractivity contribution in [1.82, 2.24) is 4.98 Å². The van der Waals surface area contributed by atoms with Gasteiger partial charge in [-0.05, 0) is 30.3 Å². The number of nitrogens with one attached hydrogen (secondary N) is 2. The van der Waals surface area contributed by atoms with Crippen molar-refractivity contribution < 1.29 is 22.7 Å². The van der Waals surface area contributed by atoms with Crippen LogP contribution in [0, 0.1) is 0 Å². The van der Waals surface area contributed by atoms with Crippen molar-refractivity contribution in [2.75, 3.05) is 23.3 Å². The second-order valence-electron chi connectivity index (χ2n) is 5.78. The number of carbonyl (C=O) groups excluding carboxylic acids is 1. The molecule has 0 atom stereocenters. The lowest BCUT2D eigenvalue weighted by atomic mass is 10.2. The molecular formula is C18H15N3O5S2. The Hall–Kier alpha value is -3.11. The van der Waals surface area contributed by atoms with Crippen LogP contribution < -0.4 is 19.5 Å². The second kappa shape index (κ2) is 7.49. The predicted molar refractivity (Wildman–Crippen MR) is 105 cm³/mol. The first-order chi connectivity index (χ1) is 13.5. The summed E-state index contributed by atoms with van der Waals surface area (Å²) >= 11 is 1.29. The number of anilines is 2. The molecule has 2 aromatic carbocycles. The Bertz CT molecular complexity index is 1110. The Balaban J connectivity index is 1.54. The van der Waals surface area contributed by atoms with Gasteiger partial charge in [0, 0.05) is 28.9 Å². The normalized spacial score (nSPS) is 13.0. The standard InChI is InChI=1S/C18H15N3O5S2/c22-17(20-18-19-6-9-27-18)12-2-1-3-13(10-12)21-28(23,24)14-4-5-15-16(11-14)26-8-7-25-15/h1-6,9-11,21H,7-8H2,(H,19,20,22). The molecule has 0 aliphatic carbocycles. The number of carbonyl (C=O) groups is 1. The van der Waals surface area contributed by atoms with Gasteiger partial charge in [-0.3, -0.25) is 14.8 Å². The lowest BCUT2D eigenvalue weighted by Crippen LogP contribution is -2.17. The molecule has 2 N–H and O–H groups in total. The Labute approximate surface area is 165 Å². The molecule has 1 aromatic heterocycles. The summed E-state index contributed by atoms with van der Waals surface area (Å²) < 4.78 is 38.7. The molecule has 10 heteroatoms. The molecule has 1 aliphatic rings. The molecule has 0 saturated heterocycles. The number of rotatable bonds is 5. The Morgan fingerprint density at radius 1 is 1.07 bits per heavy atom. The van der Waals surface area contributed by atoms with Crippen LogP contribution in [-0.2, 0) is 10.0 Å². The number of hydrogen-bond acceptors (Lipinski definition) is 7. The molecule has 0 unspecified atom stereocenters. The van der Waals surface area contributed by atoms with E-state index >= 15 is 0 Å². The van der Waals surface area contributed by atoms with E-state index in [9.17, 15) is 13.2 Å². The molecule has 3 aromatic rings. The van der Waals surface area contributed by atoms with Crippen molar-refractivity contribution in [2.24, 2.45) is 0 Å². The van der Waals surface area contributed by atoms with E-state index in [1.165, 1.54) is 29.5 Å². The van der Waals surface area contributed by atoms with Gasteiger partial charge in [0.05, 0.1) is 4.90 Å². The maximum absolute atomic E-state index is 12.7. The number of benzene rings is 2. The summed E-state index contributed by atoms with van der Waals surface area (Å²) in [5, 5.41) is 4.86. The first kappa shape index (κ1) is 18.3. The number of nitrogens with zero attached hydrogens (tertiary/aromatic N) is 1. The molecule has 0 radical (unpaired) electrons. The third-order valence-corrected chi connectivity index (χ3v) is 5.92. The van der Waals surface area contributed by atoms with E-state index in [1.807, 2.05) is 0 Å². The zero-order chi connectivity index (χ0) is 19.6. The minimum absolute atomic E-state index is 0.0365. The van der Waals surface area contributed by atoms with Crippen LogP contribution in [0.25, 0.3) is 0 Å². The zero-order valence-electron chi connectivity index (χ0n) is 14.4. The summed E-state index contributed by atoms with van der Waals surface area (Å²) in [6, 6.07) is 10.6. The highest BCUT2D eigenvalue weighted by Crippen LogP contribution is 2.32. The lowest BCUT2D eigenvalue weighted by Gasteiger charge is -2.19. The number of sulfonamides is 1. The van der Waals surface area contributed by atoms with Crippen molar-refractivity contribution >= 4 is 38.1 Å². The summed E-state index contributed by atoms with van der Waals surface area (Å²) in [5.41, 5.74) is 0.569. The Morgan fingerprint density at radius 3 is 2.68 bits per heavy atom. The first-order valence-corrected chi connectivity index (χ1v) is 10.6. The molecule has 1 aliphatic heterocycles. The van der Waals surface area contributed by atoms with Gasteiger partial charge < -0.3 is 9.47 Å². The van der Waals surface area contributed by atoms with Crippen LogP contribution in [0.4, 0.5) is 10.8 Å². The highest BCUT2D eigenvalue weighted by molar-refractivity contribution is 7.92. The topological polar surface area (TPSA) is 107 Å². The van der Waals surface area contributed by atoms with E-state index < -0.39 is 10.0 Å². The SMILES string of the molecule is O=C(Nc1nccs1)c1cccc(NS(=O)(=O)c2ccc3c(c2)OCCO3)c1. The van der Waals surface area contributed by atoms with Crippen LogP contribution in [0.3, 0.4) is 0 Å². The quantitative estimate of drug-likeness (QED) is 0.661. The van der Waals surface area contributed by atoms with Crippen LogP contribution >= 0.6 is 11.3 Å². The zero-order valence-corrected chi connectivity index (χ0v) is 16.0. The van der Waals surface area contributed by atoms with Gasteiger partial charge >= 0.3 is 0 Å². The molecule has 1 amide bonds. The third kappa shape index (κ3) is 3.92.